The molecule has 0 spiro atoms. The summed E-state index contributed by atoms with van der Waals surface area (Å²) in [4.78, 5) is 3.93. The summed E-state index contributed by atoms with van der Waals surface area (Å²) in [6, 6.07) is 13.0. The van der Waals surface area contributed by atoms with Gasteiger partial charge in [-0.15, -0.1) is 0 Å². The van der Waals surface area contributed by atoms with Gasteiger partial charge in [0.2, 0.25) is 0 Å². The molecule has 3 heteroatoms. The van der Waals surface area contributed by atoms with Crippen molar-refractivity contribution in [3.05, 3.63) is 60.4 Å². The number of aromatic nitrogens is 1. The van der Waals surface area contributed by atoms with Gasteiger partial charge in [0.15, 0.2) is 0 Å². The van der Waals surface area contributed by atoms with Crippen molar-refractivity contribution in [2.24, 2.45) is 0 Å². The van der Waals surface area contributed by atoms with E-state index in [-0.39, 0.29) is 6.61 Å². The lowest BCUT2D eigenvalue weighted by atomic mass is 10.1. The third-order valence-corrected chi connectivity index (χ3v) is 2.23. The summed E-state index contributed by atoms with van der Waals surface area (Å²) in [6.07, 6.45) is 2.69. The first-order valence-corrected chi connectivity index (χ1v) is 5.12. The van der Waals surface area contributed by atoms with Gasteiger partial charge in [0.05, 0.1) is 6.20 Å². The fourth-order valence-electron chi connectivity index (χ4n) is 1.38. The van der Waals surface area contributed by atoms with Crippen LogP contribution in [0.25, 0.3) is 0 Å². The van der Waals surface area contributed by atoms with Crippen molar-refractivity contribution in [3.63, 3.8) is 0 Å². The summed E-state index contributed by atoms with van der Waals surface area (Å²) < 4.78 is 5.41. The highest BCUT2D eigenvalue weighted by Gasteiger charge is 2.07. The molecule has 16 heavy (non-hydrogen) atoms. The molecule has 0 saturated heterocycles. The van der Waals surface area contributed by atoms with E-state index < -0.39 is 6.10 Å². The monoisotopic (exact) mass is 215 g/mol. The molecule has 0 saturated carbocycles. The Morgan fingerprint density at radius 3 is 2.62 bits per heavy atom. The minimum absolute atomic E-state index is 0.232. The van der Waals surface area contributed by atoms with Crippen LogP contribution in [0.3, 0.4) is 0 Å². The van der Waals surface area contributed by atoms with Crippen molar-refractivity contribution in [2.75, 3.05) is 6.61 Å². The second-order valence-electron chi connectivity index (χ2n) is 3.43. The molecule has 2 rings (SSSR count). The first kappa shape index (κ1) is 10.6. The smallest absolute Gasteiger partial charge is 0.137 e. The molecule has 1 unspecified atom stereocenters. The van der Waals surface area contributed by atoms with Crippen molar-refractivity contribution in [3.8, 4) is 5.75 Å². The molecule has 3 nitrogen and oxygen atoms in total. The summed E-state index contributed by atoms with van der Waals surface area (Å²) in [7, 11) is 0. The van der Waals surface area contributed by atoms with Gasteiger partial charge in [-0.3, -0.25) is 4.98 Å². The van der Waals surface area contributed by atoms with Crippen molar-refractivity contribution in [1.82, 2.24) is 4.98 Å². The number of nitrogens with zero attached hydrogens (tertiary/aromatic N) is 1. The summed E-state index contributed by atoms with van der Waals surface area (Å²) in [5.74, 6) is 0.664. The van der Waals surface area contributed by atoms with Gasteiger partial charge in [-0.05, 0) is 17.7 Å². The maximum Gasteiger partial charge on any atom is 0.137 e. The zero-order valence-corrected chi connectivity index (χ0v) is 8.78. The summed E-state index contributed by atoms with van der Waals surface area (Å²) in [5, 5.41) is 9.84. The predicted octanol–water partition coefficient (Wildman–Crippen LogP) is 2.19. The average molecular weight is 215 g/mol. The fourth-order valence-corrected chi connectivity index (χ4v) is 1.38. The SMILES string of the molecule is OC(COc1cccnc1)c1ccccc1. The average Bonchev–Trinajstić information content (AvgIpc) is 2.38. The lowest BCUT2D eigenvalue weighted by Crippen LogP contribution is -2.09. The van der Waals surface area contributed by atoms with Gasteiger partial charge < -0.3 is 9.84 Å². The minimum Gasteiger partial charge on any atom is -0.489 e. The first-order valence-electron chi connectivity index (χ1n) is 5.12. The maximum atomic E-state index is 9.84. The van der Waals surface area contributed by atoms with Crippen LogP contribution in [0, 0.1) is 0 Å². The van der Waals surface area contributed by atoms with Crippen LogP contribution in [0.4, 0.5) is 0 Å². The number of hydrogen-bond acceptors (Lipinski definition) is 3. The number of pyridine rings is 1. The Balaban J connectivity index is 1.92. The van der Waals surface area contributed by atoms with Crippen LogP contribution in [0.15, 0.2) is 54.9 Å². The van der Waals surface area contributed by atoms with Crippen LogP contribution in [-0.2, 0) is 0 Å². The second-order valence-corrected chi connectivity index (χ2v) is 3.43. The number of hydrogen-bond donors (Lipinski definition) is 1. The third kappa shape index (κ3) is 2.81. The number of aliphatic hydroxyl groups is 1. The van der Waals surface area contributed by atoms with Crippen LogP contribution in [0.2, 0.25) is 0 Å². The van der Waals surface area contributed by atoms with Gasteiger partial charge in [-0.25, -0.2) is 0 Å². The van der Waals surface area contributed by atoms with E-state index in [0.717, 1.165) is 5.56 Å². The number of benzene rings is 1. The molecule has 0 aliphatic heterocycles. The van der Waals surface area contributed by atoms with Gasteiger partial charge >= 0.3 is 0 Å². The molecule has 1 N–H and O–H groups in total. The highest BCUT2D eigenvalue weighted by atomic mass is 16.5. The second kappa shape index (κ2) is 5.28. The van der Waals surface area contributed by atoms with Crippen molar-refractivity contribution < 1.29 is 9.84 Å². The summed E-state index contributed by atoms with van der Waals surface area (Å²) in [6.45, 7) is 0.232. The molecular formula is C13H13NO2. The number of rotatable bonds is 4. The molecular weight excluding hydrogens is 202 g/mol. The quantitative estimate of drug-likeness (QED) is 0.850. The van der Waals surface area contributed by atoms with Gasteiger partial charge in [-0.2, -0.15) is 0 Å². The van der Waals surface area contributed by atoms with E-state index >= 15 is 0 Å². The lowest BCUT2D eigenvalue weighted by molar-refractivity contribution is 0.108. The van der Waals surface area contributed by atoms with E-state index in [2.05, 4.69) is 4.98 Å². The van der Waals surface area contributed by atoms with Crippen LogP contribution in [0.5, 0.6) is 5.75 Å². The van der Waals surface area contributed by atoms with Gasteiger partial charge in [0.25, 0.3) is 0 Å². The van der Waals surface area contributed by atoms with Gasteiger partial charge in [0.1, 0.15) is 18.5 Å². The van der Waals surface area contributed by atoms with Crippen molar-refractivity contribution in [2.45, 2.75) is 6.10 Å². The Hall–Kier alpha value is -1.87. The maximum absolute atomic E-state index is 9.84. The molecule has 82 valence electrons. The molecule has 0 amide bonds. The Morgan fingerprint density at radius 2 is 1.94 bits per heavy atom. The molecule has 1 heterocycles. The Morgan fingerprint density at radius 1 is 1.12 bits per heavy atom. The standard InChI is InChI=1S/C13H13NO2/c15-13(11-5-2-1-3-6-11)10-16-12-7-4-8-14-9-12/h1-9,13,15H,10H2. The van der Waals surface area contributed by atoms with Crippen LogP contribution >= 0.6 is 0 Å². The van der Waals surface area contributed by atoms with E-state index in [1.54, 1.807) is 18.5 Å². The van der Waals surface area contributed by atoms with E-state index in [1.807, 2.05) is 36.4 Å². The molecule has 0 aliphatic carbocycles. The minimum atomic E-state index is -0.610. The topological polar surface area (TPSA) is 42.4 Å². The Bertz CT molecular complexity index is 416. The van der Waals surface area contributed by atoms with E-state index in [0.29, 0.717) is 5.75 Å². The zero-order valence-electron chi connectivity index (χ0n) is 8.78. The fraction of sp³-hybridized carbons (Fsp3) is 0.154. The molecule has 2 aromatic rings. The van der Waals surface area contributed by atoms with E-state index in [9.17, 15) is 5.11 Å². The predicted molar refractivity (Wildman–Crippen MR) is 61.1 cm³/mol. The third-order valence-electron chi connectivity index (χ3n) is 2.23. The molecule has 0 aliphatic rings. The molecule has 0 fully saturated rings. The highest BCUT2D eigenvalue weighted by molar-refractivity contribution is 5.19. The molecule has 1 aromatic heterocycles. The molecule has 1 atom stereocenters. The molecule has 0 bridgehead atoms. The van der Waals surface area contributed by atoms with Crippen molar-refractivity contribution in [1.29, 1.82) is 0 Å². The van der Waals surface area contributed by atoms with Crippen LogP contribution in [-0.4, -0.2) is 16.7 Å². The Kier molecular flexibility index (Phi) is 3.51. The number of ether oxygens (including phenoxy) is 1. The molecule has 0 radical (unpaired) electrons. The van der Waals surface area contributed by atoms with Crippen LogP contribution < -0.4 is 4.74 Å². The normalized spacial score (nSPS) is 12.1. The van der Waals surface area contributed by atoms with Gasteiger partial charge in [0, 0.05) is 6.20 Å². The largest absolute Gasteiger partial charge is 0.489 e. The summed E-state index contributed by atoms with van der Waals surface area (Å²) >= 11 is 0. The Labute approximate surface area is 94.3 Å². The van der Waals surface area contributed by atoms with Crippen LogP contribution in [0.1, 0.15) is 11.7 Å². The lowest BCUT2D eigenvalue weighted by Gasteiger charge is -2.12. The zero-order chi connectivity index (χ0) is 11.2. The molecule has 1 aromatic carbocycles. The first-order chi connectivity index (χ1) is 7.86. The highest BCUT2D eigenvalue weighted by Crippen LogP contribution is 2.14. The van der Waals surface area contributed by atoms with E-state index in [1.165, 1.54) is 0 Å². The summed E-state index contributed by atoms with van der Waals surface area (Å²) in [5.41, 5.74) is 0.853. The number of aliphatic hydroxyl groups excluding tert-OH is 1. The van der Waals surface area contributed by atoms with E-state index in [4.69, 9.17) is 4.74 Å². The van der Waals surface area contributed by atoms with Gasteiger partial charge in [-0.1, -0.05) is 30.3 Å². The van der Waals surface area contributed by atoms with Crippen molar-refractivity contribution >= 4 is 0 Å².